The molecule has 2 N–H and O–H groups in total. The molecule has 0 fully saturated rings. The second-order valence-electron chi connectivity index (χ2n) is 4.43. The maximum Gasteiger partial charge on any atom is 0.244 e. The third-order valence-corrected chi connectivity index (χ3v) is 3.72. The highest BCUT2D eigenvalue weighted by molar-refractivity contribution is 6.44. The van der Waals surface area contributed by atoms with Crippen molar-refractivity contribution in [2.24, 2.45) is 5.10 Å². The van der Waals surface area contributed by atoms with E-state index in [-0.39, 0.29) is 18.1 Å². The van der Waals surface area contributed by atoms with E-state index >= 15 is 0 Å². The Morgan fingerprint density at radius 2 is 2.00 bits per heavy atom. The average Bonchev–Trinajstić information content (AvgIpc) is 2.44. The molecule has 2 aromatic carbocycles. The van der Waals surface area contributed by atoms with Gasteiger partial charge >= 0.3 is 0 Å². The molecule has 7 heteroatoms. The molecule has 0 atom stereocenters. The molecule has 0 aliphatic carbocycles. The normalized spacial score (nSPS) is 10.9. The number of carbonyl (C=O) groups is 1. The first-order valence-corrected chi connectivity index (χ1v) is 7.33. The Labute approximate surface area is 142 Å². The van der Waals surface area contributed by atoms with Crippen LogP contribution < -0.4 is 5.43 Å². The molecule has 0 saturated heterocycles. The molecule has 4 nitrogen and oxygen atoms in total. The van der Waals surface area contributed by atoms with Crippen molar-refractivity contribution in [3.05, 3.63) is 62.6 Å². The largest absolute Gasteiger partial charge is 0.508 e. The van der Waals surface area contributed by atoms with Crippen molar-refractivity contribution < 1.29 is 9.90 Å². The van der Waals surface area contributed by atoms with Crippen LogP contribution in [0, 0.1) is 0 Å². The van der Waals surface area contributed by atoms with Gasteiger partial charge in [-0.15, -0.1) is 0 Å². The zero-order chi connectivity index (χ0) is 16.1. The topological polar surface area (TPSA) is 61.7 Å². The first-order valence-electron chi connectivity index (χ1n) is 6.20. The predicted octanol–water partition coefficient (Wildman–Crippen LogP) is 4.05. The van der Waals surface area contributed by atoms with E-state index in [1.54, 1.807) is 18.2 Å². The molecular weight excluding hydrogens is 347 g/mol. The number of amides is 1. The van der Waals surface area contributed by atoms with E-state index in [2.05, 4.69) is 10.5 Å². The van der Waals surface area contributed by atoms with Crippen molar-refractivity contribution in [2.75, 3.05) is 0 Å². The molecule has 114 valence electrons. The van der Waals surface area contributed by atoms with Gasteiger partial charge in [-0.05, 0) is 29.8 Å². The van der Waals surface area contributed by atoms with Crippen molar-refractivity contribution in [1.29, 1.82) is 0 Å². The maximum absolute atomic E-state index is 11.7. The third kappa shape index (κ3) is 4.63. The molecule has 0 spiro atoms. The monoisotopic (exact) mass is 356 g/mol. The van der Waals surface area contributed by atoms with Gasteiger partial charge in [0.15, 0.2) is 0 Å². The minimum absolute atomic E-state index is 0.0930. The number of hydrogen-bond acceptors (Lipinski definition) is 3. The number of nitrogens with zero attached hydrogens (tertiary/aromatic N) is 1. The Bertz CT molecular complexity index is 733. The number of hydrazone groups is 1. The van der Waals surface area contributed by atoms with Gasteiger partial charge < -0.3 is 5.11 Å². The van der Waals surface area contributed by atoms with Gasteiger partial charge in [-0.2, -0.15) is 5.10 Å². The molecule has 0 heterocycles. The fraction of sp³-hybridized carbons (Fsp3) is 0.0667. The van der Waals surface area contributed by atoms with Crippen LogP contribution in [-0.4, -0.2) is 17.2 Å². The summed E-state index contributed by atoms with van der Waals surface area (Å²) in [5.41, 5.74) is 3.54. The van der Waals surface area contributed by atoms with Gasteiger partial charge in [0.05, 0.1) is 22.7 Å². The molecule has 0 aliphatic heterocycles. The van der Waals surface area contributed by atoms with Crippen LogP contribution in [0.15, 0.2) is 41.5 Å². The molecule has 0 bridgehead atoms. The second-order valence-corrected chi connectivity index (χ2v) is 5.65. The Morgan fingerprint density at radius 3 is 2.73 bits per heavy atom. The Balaban J connectivity index is 1.99. The number of benzene rings is 2. The van der Waals surface area contributed by atoms with Gasteiger partial charge in [0.2, 0.25) is 5.91 Å². The number of phenolic OH excluding ortho intramolecular Hbond substituents is 1. The van der Waals surface area contributed by atoms with Gasteiger partial charge in [-0.1, -0.05) is 46.9 Å². The Morgan fingerprint density at radius 1 is 1.23 bits per heavy atom. The van der Waals surface area contributed by atoms with E-state index in [9.17, 15) is 9.90 Å². The molecule has 0 saturated carbocycles. The van der Waals surface area contributed by atoms with Crippen LogP contribution in [-0.2, 0) is 11.2 Å². The summed E-state index contributed by atoms with van der Waals surface area (Å²) in [5, 5.41) is 14.2. The molecule has 0 aromatic heterocycles. The van der Waals surface area contributed by atoms with Gasteiger partial charge in [0.1, 0.15) is 5.75 Å². The van der Waals surface area contributed by atoms with Gasteiger partial charge in [0, 0.05) is 10.6 Å². The lowest BCUT2D eigenvalue weighted by Gasteiger charge is -2.03. The number of nitrogens with one attached hydrogen (secondary N) is 1. The summed E-state index contributed by atoms with van der Waals surface area (Å²) >= 11 is 17.8. The van der Waals surface area contributed by atoms with E-state index in [4.69, 9.17) is 34.8 Å². The number of halogens is 3. The van der Waals surface area contributed by atoms with Gasteiger partial charge in [0.25, 0.3) is 0 Å². The highest BCUT2D eigenvalue weighted by atomic mass is 35.5. The average molecular weight is 358 g/mol. The SMILES string of the molecule is O=C(Cc1cccc(O)c1)NN=Cc1cc(Cl)cc(Cl)c1Cl. The molecule has 0 radical (unpaired) electrons. The van der Waals surface area contributed by atoms with E-state index < -0.39 is 0 Å². The lowest BCUT2D eigenvalue weighted by molar-refractivity contribution is -0.120. The molecule has 22 heavy (non-hydrogen) atoms. The van der Waals surface area contributed by atoms with Crippen LogP contribution in [0.4, 0.5) is 0 Å². The Kier molecular flexibility index (Phi) is 5.66. The zero-order valence-electron chi connectivity index (χ0n) is 11.2. The molecule has 1 amide bonds. The van der Waals surface area contributed by atoms with Crippen LogP contribution >= 0.6 is 34.8 Å². The minimum Gasteiger partial charge on any atom is -0.508 e. The molecule has 2 aromatic rings. The number of rotatable bonds is 4. The van der Waals surface area contributed by atoms with Gasteiger partial charge in [-0.3, -0.25) is 4.79 Å². The van der Waals surface area contributed by atoms with Crippen molar-refractivity contribution in [1.82, 2.24) is 5.43 Å². The van der Waals surface area contributed by atoms with E-state index in [1.165, 1.54) is 24.4 Å². The van der Waals surface area contributed by atoms with E-state index in [0.717, 1.165) is 0 Å². The minimum atomic E-state index is -0.328. The van der Waals surface area contributed by atoms with Crippen LogP contribution in [0.1, 0.15) is 11.1 Å². The first-order chi connectivity index (χ1) is 10.5. The summed E-state index contributed by atoms with van der Waals surface area (Å²) in [6.45, 7) is 0. The number of aromatic hydroxyl groups is 1. The predicted molar refractivity (Wildman–Crippen MR) is 89.0 cm³/mol. The van der Waals surface area contributed by atoms with Crippen molar-refractivity contribution in [2.45, 2.75) is 6.42 Å². The summed E-state index contributed by atoms with van der Waals surface area (Å²) in [6.07, 6.45) is 1.45. The molecule has 0 unspecified atom stereocenters. The lowest BCUT2D eigenvalue weighted by Crippen LogP contribution is -2.19. The zero-order valence-corrected chi connectivity index (χ0v) is 13.5. The van der Waals surface area contributed by atoms with E-state index in [1.807, 2.05) is 0 Å². The number of phenols is 1. The van der Waals surface area contributed by atoms with Gasteiger partial charge in [-0.25, -0.2) is 5.43 Å². The lowest BCUT2D eigenvalue weighted by atomic mass is 10.1. The van der Waals surface area contributed by atoms with Crippen molar-refractivity contribution >= 4 is 46.9 Å². The standard InChI is InChI=1S/C15H11Cl3N2O2/c16-11-6-10(15(18)13(17)7-11)8-19-20-14(22)5-9-2-1-3-12(21)4-9/h1-4,6-8,21H,5H2,(H,20,22). The summed E-state index contributed by atoms with van der Waals surface area (Å²) in [7, 11) is 0. The summed E-state index contributed by atoms with van der Waals surface area (Å²) < 4.78 is 0. The van der Waals surface area contributed by atoms with E-state index in [0.29, 0.717) is 26.2 Å². The smallest absolute Gasteiger partial charge is 0.244 e. The fourth-order valence-corrected chi connectivity index (χ4v) is 2.40. The van der Waals surface area contributed by atoms with Crippen molar-refractivity contribution in [3.8, 4) is 5.75 Å². The molecular formula is C15H11Cl3N2O2. The highest BCUT2D eigenvalue weighted by Crippen LogP contribution is 2.28. The number of carbonyl (C=O) groups excluding carboxylic acids is 1. The highest BCUT2D eigenvalue weighted by Gasteiger charge is 2.06. The Hall–Kier alpha value is -1.75. The third-order valence-electron chi connectivity index (χ3n) is 2.69. The van der Waals surface area contributed by atoms with Crippen LogP contribution in [0.3, 0.4) is 0 Å². The number of hydrogen-bond donors (Lipinski definition) is 2. The van der Waals surface area contributed by atoms with Crippen LogP contribution in [0.2, 0.25) is 15.1 Å². The van der Waals surface area contributed by atoms with Crippen molar-refractivity contribution in [3.63, 3.8) is 0 Å². The summed E-state index contributed by atoms with van der Waals surface area (Å²) in [6, 6.07) is 9.54. The molecule has 2 rings (SSSR count). The van der Waals surface area contributed by atoms with Crippen LogP contribution in [0.5, 0.6) is 5.75 Å². The first kappa shape index (κ1) is 16.6. The molecule has 0 aliphatic rings. The summed E-state index contributed by atoms with van der Waals surface area (Å²) in [4.78, 5) is 11.7. The summed E-state index contributed by atoms with van der Waals surface area (Å²) in [5.74, 6) is -0.222. The maximum atomic E-state index is 11.7. The second kappa shape index (κ2) is 7.49. The van der Waals surface area contributed by atoms with Crippen LogP contribution in [0.25, 0.3) is 0 Å². The quantitative estimate of drug-likeness (QED) is 0.493. The fourth-order valence-electron chi connectivity index (χ4n) is 1.73.